The Balaban J connectivity index is 1.36. The van der Waals surface area contributed by atoms with Crippen molar-refractivity contribution in [1.29, 1.82) is 0 Å². The standard InChI is InChI=1S/C21H26N4O2/c26-21(25-10-12-27-13-11-25)19-15-20(23-16-22-19)24-8-6-18(7-9-24)14-17-4-2-1-3-5-17/h1-5,15-16,18H,6-14H2. The molecule has 2 aromatic rings. The molecule has 0 N–H and O–H groups in total. The first-order chi connectivity index (χ1) is 13.3. The maximum atomic E-state index is 12.7. The van der Waals surface area contributed by atoms with Crippen LogP contribution in [0.3, 0.4) is 0 Å². The van der Waals surface area contributed by atoms with Crippen LogP contribution in [0.15, 0.2) is 42.7 Å². The van der Waals surface area contributed by atoms with Crippen molar-refractivity contribution in [3.63, 3.8) is 0 Å². The number of ether oxygens (including phenoxy) is 1. The number of piperidine rings is 1. The number of rotatable bonds is 4. The van der Waals surface area contributed by atoms with Crippen LogP contribution in [0, 0.1) is 5.92 Å². The summed E-state index contributed by atoms with van der Waals surface area (Å²) in [7, 11) is 0. The van der Waals surface area contributed by atoms with Crippen LogP contribution in [0.1, 0.15) is 28.9 Å². The van der Waals surface area contributed by atoms with Crippen molar-refractivity contribution >= 4 is 11.7 Å². The molecular formula is C21H26N4O2. The van der Waals surface area contributed by atoms with Crippen LogP contribution in [0.4, 0.5) is 5.82 Å². The average molecular weight is 366 g/mol. The lowest BCUT2D eigenvalue weighted by Crippen LogP contribution is -2.41. The van der Waals surface area contributed by atoms with Crippen LogP contribution in [0.25, 0.3) is 0 Å². The van der Waals surface area contributed by atoms with Gasteiger partial charge in [-0.2, -0.15) is 0 Å². The Labute approximate surface area is 160 Å². The van der Waals surface area contributed by atoms with Gasteiger partial charge in [-0.15, -0.1) is 0 Å². The Hall–Kier alpha value is -2.47. The number of morpholine rings is 1. The van der Waals surface area contributed by atoms with Crippen molar-refractivity contribution in [2.45, 2.75) is 19.3 Å². The van der Waals surface area contributed by atoms with Gasteiger partial charge in [-0.3, -0.25) is 4.79 Å². The largest absolute Gasteiger partial charge is 0.378 e. The Morgan fingerprint density at radius 1 is 1.04 bits per heavy atom. The number of amides is 1. The summed E-state index contributed by atoms with van der Waals surface area (Å²) in [5.41, 5.74) is 1.89. The lowest BCUT2D eigenvalue weighted by atomic mass is 9.90. The van der Waals surface area contributed by atoms with E-state index in [0.29, 0.717) is 37.9 Å². The molecule has 2 aliphatic rings. The third-order valence-corrected chi connectivity index (χ3v) is 5.48. The summed E-state index contributed by atoms with van der Waals surface area (Å²) in [6, 6.07) is 12.5. The van der Waals surface area contributed by atoms with Gasteiger partial charge in [0.05, 0.1) is 13.2 Å². The van der Waals surface area contributed by atoms with Crippen LogP contribution in [-0.2, 0) is 11.2 Å². The van der Waals surface area contributed by atoms with Crippen molar-refractivity contribution in [3.8, 4) is 0 Å². The first-order valence-corrected chi connectivity index (χ1v) is 9.77. The molecule has 6 nitrogen and oxygen atoms in total. The molecule has 0 saturated carbocycles. The van der Waals surface area contributed by atoms with E-state index < -0.39 is 0 Å². The van der Waals surface area contributed by atoms with Gasteiger partial charge in [0.2, 0.25) is 0 Å². The van der Waals surface area contributed by atoms with Crippen LogP contribution in [0.5, 0.6) is 0 Å². The highest BCUT2D eigenvalue weighted by Gasteiger charge is 2.23. The average Bonchev–Trinajstić information content (AvgIpc) is 2.75. The fraction of sp³-hybridized carbons (Fsp3) is 0.476. The Kier molecular flexibility index (Phi) is 5.63. The van der Waals surface area contributed by atoms with Crippen molar-refractivity contribution in [2.24, 2.45) is 5.92 Å². The molecule has 2 saturated heterocycles. The summed E-state index contributed by atoms with van der Waals surface area (Å²) in [6.07, 6.45) is 4.94. The quantitative estimate of drug-likeness (QED) is 0.832. The molecule has 1 amide bonds. The van der Waals surface area contributed by atoms with E-state index in [-0.39, 0.29) is 5.91 Å². The lowest BCUT2D eigenvalue weighted by molar-refractivity contribution is 0.0299. The van der Waals surface area contributed by atoms with E-state index in [0.717, 1.165) is 38.2 Å². The molecule has 2 aliphatic heterocycles. The van der Waals surface area contributed by atoms with Gasteiger partial charge in [0.25, 0.3) is 5.91 Å². The Morgan fingerprint density at radius 3 is 2.52 bits per heavy atom. The molecule has 0 bridgehead atoms. The normalized spacial score (nSPS) is 18.5. The molecule has 1 aromatic carbocycles. The highest BCUT2D eigenvalue weighted by atomic mass is 16.5. The molecule has 0 spiro atoms. The number of benzene rings is 1. The number of nitrogens with zero attached hydrogens (tertiary/aromatic N) is 4. The van der Waals surface area contributed by atoms with Crippen molar-refractivity contribution < 1.29 is 9.53 Å². The van der Waals surface area contributed by atoms with Gasteiger partial charge in [0.15, 0.2) is 0 Å². The monoisotopic (exact) mass is 366 g/mol. The first-order valence-electron chi connectivity index (χ1n) is 9.77. The molecule has 0 aliphatic carbocycles. The van der Waals surface area contributed by atoms with Gasteiger partial charge < -0.3 is 14.5 Å². The topological polar surface area (TPSA) is 58.6 Å². The van der Waals surface area contributed by atoms with Gasteiger partial charge >= 0.3 is 0 Å². The van der Waals surface area contributed by atoms with E-state index in [2.05, 4.69) is 45.2 Å². The minimum atomic E-state index is -0.0269. The fourth-order valence-corrected chi connectivity index (χ4v) is 3.88. The summed E-state index contributed by atoms with van der Waals surface area (Å²) < 4.78 is 5.32. The molecule has 6 heteroatoms. The summed E-state index contributed by atoms with van der Waals surface area (Å²) in [5.74, 6) is 1.54. The molecule has 0 atom stereocenters. The number of hydrogen-bond acceptors (Lipinski definition) is 5. The summed E-state index contributed by atoms with van der Waals surface area (Å²) in [6.45, 7) is 4.39. The zero-order valence-corrected chi connectivity index (χ0v) is 15.6. The summed E-state index contributed by atoms with van der Waals surface area (Å²) in [5, 5.41) is 0. The van der Waals surface area contributed by atoms with Gasteiger partial charge in [0.1, 0.15) is 17.8 Å². The second kappa shape index (κ2) is 8.48. The van der Waals surface area contributed by atoms with Crippen molar-refractivity contribution in [1.82, 2.24) is 14.9 Å². The maximum Gasteiger partial charge on any atom is 0.272 e. The molecule has 2 fully saturated rings. The van der Waals surface area contributed by atoms with Gasteiger partial charge in [-0.1, -0.05) is 30.3 Å². The lowest BCUT2D eigenvalue weighted by Gasteiger charge is -2.33. The van der Waals surface area contributed by atoms with Crippen LogP contribution < -0.4 is 4.90 Å². The van der Waals surface area contributed by atoms with E-state index in [1.807, 2.05) is 11.0 Å². The Bertz CT molecular complexity index is 754. The minimum Gasteiger partial charge on any atom is -0.378 e. The van der Waals surface area contributed by atoms with E-state index in [1.165, 1.54) is 11.9 Å². The van der Waals surface area contributed by atoms with E-state index in [4.69, 9.17) is 4.74 Å². The maximum absolute atomic E-state index is 12.7. The predicted octanol–water partition coefficient (Wildman–Crippen LogP) is 2.41. The molecular weight excluding hydrogens is 340 g/mol. The van der Waals surface area contributed by atoms with Gasteiger partial charge in [0, 0.05) is 32.2 Å². The zero-order chi connectivity index (χ0) is 18.5. The number of aromatic nitrogens is 2. The SMILES string of the molecule is O=C(c1cc(N2CCC(Cc3ccccc3)CC2)ncn1)N1CCOCC1. The van der Waals surface area contributed by atoms with Crippen LogP contribution >= 0.6 is 0 Å². The smallest absolute Gasteiger partial charge is 0.272 e. The van der Waals surface area contributed by atoms with Crippen LogP contribution in [-0.4, -0.2) is 60.2 Å². The van der Waals surface area contributed by atoms with E-state index >= 15 is 0 Å². The number of hydrogen-bond donors (Lipinski definition) is 0. The molecule has 0 radical (unpaired) electrons. The molecule has 27 heavy (non-hydrogen) atoms. The minimum absolute atomic E-state index is 0.0269. The molecule has 142 valence electrons. The molecule has 3 heterocycles. The number of carbonyl (C=O) groups excluding carboxylic acids is 1. The van der Waals surface area contributed by atoms with E-state index in [1.54, 1.807) is 0 Å². The van der Waals surface area contributed by atoms with Gasteiger partial charge in [-0.05, 0) is 30.7 Å². The fourth-order valence-electron chi connectivity index (χ4n) is 3.88. The van der Waals surface area contributed by atoms with Crippen LogP contribution in [0.2, 0.25) is 0 Å². The third kappa shape index (κ3) is 4.45. The molecule has 1 aromatic heterocycles. The second-order valence-electron chi connectivity index (χ2n) is 7.29. The highest BCUT2D eigenvalue weighted by Crippen LogP contribution is 2.25. The second-order valence-corrected chi connectivity index (χ2v) is 7.29. The molecule has 0 unspecified atom stereocenters. The van der Waals surface area contributed by atoms with Crippen molar-refractivity contribution in [2.75, 3.05) is 44.3 Å². The van der Waals surface area contributed by atoms with E-state index in [9.17, 15) is 4.79 Å². The third-order valence-electron chi connectivity index (χ3n) is 5.48. The van der Waals surface area contributed by atoms with Gasteiger partial charge in [-0.25, -0.2) is 9.97 Å². The number of carbonyl (C=O) groups is 1. The highest BCUT2D eigenvalue weighted by molar-refractivity contribution is 5.93. The summed E-state index contributed by atoms with van der Waals surface area (Å²) >= 11 is 0. The Morgan fingerprint density at radius 2 is 1.78 bits per heavy atom. The zero-order valence-electron chi connectivity index (χ0n) is 15.6. The first kappa shape index (κ1) is 17.9. The molecule has 4 rings (SSSR count). The van der Waals surface area contributed by atoms with Crippen molar-refractivity contribution in [3.05, 3.63) is 54.0 Å². The number of anilines is 1. The summed E-state index contributed by atoms with van der Waals surface area (Å²) in [4.78, 5) is 25.4. The predicted molar refractivity (Wildman–Crippen MR) is 104 cm³/mol.